The van der Waals surface area contributed by atoms with Crippen LogP contribution < -0.4 is 10.8 Å². The largest absolute Gasteiger partial charge is 0.459 e. The van der Waals surface area contributed by atoms with Gasteiger partial charge in [0, 0.05) is 25.0 Å². The lowest BCUT2D eigenvalue weighted by Crippen LogP contribution is -2.36. The smallest absolute Gasteiger partial charge is 0.322 e. The number of esters is 1. The molecule has 0 heterocycles. The molecule has 5 nitrogen and oxygen atoms in total. The van der Waals surface area contributed by atoms with Crippen LogP contribution in [-0.4, -0.2) is 29.9 Å². The zero-order valence-corrected chi connectivity index (χ0v) is 19.4. The molecule has 0 unspecified atom stereocenters. The minimum absolute atomic E-state index is 0.200. The third-order valence-corrected chi connectivity index (χ3v) is 5.22. The first kappa shape index (κ1) is 24.5. The van der Waals surface area contributed by atoms with E-state index in [0.29, 0.717) is 0 Å². The van der Waals surface area contributed by atoms with Gasteiger partial charge in [-0.15, -0.1) is 11.8 Å². The van der Waals surface area contributed by atoms with Gasteiger partial charge in [0.2, 0.25) is 0 Å². The van der Waals surface area contributed by atoms with Gasteiger partial charge >= 0.3 is 5.97 Å². The molecule has 28 heavy (non-hydrogen) atoms. The first-order valence-electron chi connectivity index (χ1n) is 9.73. The van der Waals surface area contributed by atoms with E-state index in [1.54, 1.807) is 7.05 Å². The summed E-state index contributed by atoms with van der Waals surface area (Å²) in [4.78, 5) is 18.8. The summed E-state index contributed by atoms with van der Waals surface area (Å²) >= 11 is 1.52. The van der Waals surface area contributed by atoms with Crippen LogP contribution in [0.4, 0.5) is 0 Å². The van der Waals surface area contributed by atoms with Crippen molar-refractivity contribution in [3.05, 3.63) is 41.2 Å². The van der Waals surface area contributed by atoms with Crippen LogP contribution in [0.15, 0.2) is 40.5 Å². The summed E-state index contributed by atoms with van der Waals surface area (Å²) in [5.41, 5.74) is 4.67. The van der Waals surface area contributed by atoms with E-state index < -0.39 is 10.3 Å². The lowest BCUT2D eigenvalue weighted by atomic mass is 10.1. The van der Waals surface area contributed by atoms with Crippen LogP contribution in [0.2, 0.25) is 0 Å². The first-order valence-corrected chi connectivity index (χ1v) is 10.5. The fourth-order valence-electron chi connectivity index (χ4n) is 2.49. The highest BCUT2D eigenvalue weighted by Crippen LogP contribution is 2.34. The van der Waals surface area contributed by atoms with Gasteiger partial charge in [0.15, 0.2) is 0 Å². The molecule has 0 spiro atoms. The number of ether oxygens (including phenoxy) is 1. The van der Waals surface area contributed by atoms with Gasteiger partial charge in [-0.25, -0.2) is 0 Å². The molecule has 0 aliphatic heterocycles. The summed E-state index contributed by atoms with van der Waals surface area (Å²) in [6.07, 6.45) is 0.940. The van der Waals surface area contributed by atoms with Crippen LogP contribution in [0.1, 0.15) is 60.5 Å². The SMILES string of the molecule is CC/C(CNCc1ccc(SC(C)(C)C(=O)OC(C)(C)C)cc1)=C(/C)ONC. The molecular formula is C22H36N2O3S. The molecule has 0 aliphatic carbocycles. The average Bonchev–Trinajstić information content (AvgIpc) is 2.58. The highest BCUT2D eigenvalue weighted by Gasteiger charge is 2.33. The van der Waals surface area contributed by atoms with Crippen molar-refractivity contribution in [3.63, 3.8) is 0 Å². The Morgan fingerprint density at radius 1 is 1.11 bits per heavy atom. The molecule has 0 aliphatic rings. The summed E-state index contributed by atoms with van der Waals surface area (Å²) in [6.45, 7) is 15.1. The number of hydroxylamine groups is 1. The van der Waals surface area contributed by atoms with Crippen LogP contribution in [0.5, 0.6) is 0 Å². The molecule has 2 N–H and O–H groups in total. The van der Waals surface area contributed by atoms with E-state index in [2.05, 4.69) is 42.0 Å². The highest BCUT2D eigenvalue weighted by atomic mass is 32.2. The van der Waals surface area contributed by atoms with E-state index in [-0.39, 0.29) is 5.97 Å². The predicted molar refractivity (Wildman–Crippen MR) is 117 cm³/mol. The van der Waals surface area contributed by atoms with Crippen LogP contribution in [0.3, 0.4) is 0 Å². The second-order valence-corrected chi connectivity index (χ2v) is 9.88. The molecule has 6 heteroatoms. The Morgan fingerprint density at radius 2 is 1.71 bits per heavy atom. The van der Waals surface area contributed by atoms with E-state index in [1.807, 2.05) is 41.5 Å². The minimum Gasteiger partial charge on any atom is -0.459 e. The van der Waals surface area contributed by atoms with E-state index in [0.717, 1.165) is 30.2 Å². The molecule has 0 bridgehead atoms. The van der Waals surface area contributed by atoms with Crippen molar-refractivity contribution in [2.45, 2.75) is 76.7 Å². The fourth-order valence-corrected chi connectivity index (χ4v) is 3.48. The van der Waals surface area contributed by atoms with Crippen molar-refractivity contribution in [1.82, 2.24) is 10.8 Å². The summed E-state index contributed by atoms with van der Waals surface area (Å²) < 4.78 is 4.89. The first-order chi connectivity index (χ1) is 13.0. The predicted octanol–water partition coefficient (Wildman–Crippen LogP) is 4.82. The van der Waals surface area contributed by atoms with Crippen molar-refractivity contribution in [1.29, 1.82) is 0 Å². The lowest BCUT2D eigenvalue weighted by Gasteiger charge is -2.28. The van der Waals surface area contributed by atoms with Gasteiger partial charge in [-0.3, -0.25) is 4.79 Å². The van der Waals surface area contributed by atoms with E-state index in [1.165, 1.54) is 22.9 Å². The Hall–Kier alpha value is -1.50. The Labute approximate surface area is 174 Å². The van der Waals surface area contributed by atoms with Gasteiger partial charge in [-0.2, -0.15) is 5.48 Å². The maximum atomic E-state index is 12.4. The summed E-state index contributed by atoms with van der Waals surface area (Å²) in [5, 5.41) is 3.46. The molecule has 158 valence electrons. The normalized spacial score (nSPS) is 13.1. The molecule has 0 saturated carbocycles. The quantitative estimate of drug-likeness (QED) is 0.250. The maximum Gasteiger partial charge on any atom is 0.322 e. The third-order valence-electron chi connectivity index (χ3n) is 4.03. The third kappa shape index (κ3) is 8.67. The number of carbonyl (C=O) groups is 1. The molecule has 1 aromatic carbocycles. The van der Waals surface area contributed by atoms with Gasteiger partial charge in [0.05, 0.1) is 0 Å². The zero-order chi connectivity index (χ0) is 21.4. The highest BCUT2D eigenvalue weighted by molar-refractivity contribution is 8.01. The number of hydrogen-bond donors (Lipinski definition) is 2. The van der Waals surface area contributed by atoms with Gasteiger partial charge in [-0.05, 0) is 71.2 Å². The number of thioether (sulfide) groups is 1. The van der Waals surface area contributed by atoms with Crippen molar-refractivity contribution in [2.24, 2.45) is 0 Å². The van der Waals surface area contributed by atoms with Crippen molar-refractivity contribution < 1.29 is 14.4 Å². The molecule has 0 atom stereocenters. The Bertz CT molecular complexity index is 661. The average molecular weight is 409 g/mol. The monoisotopic (exact) mass is 408 g/mol. The molecule has 0 saturated heterocycles. The second-order valence-electron chi connectivity index (χ2n) is 8.18. The fraction of sp³-hybridized carbons (Fsp3) is 0.591. The Morgan fingerprint density at radius 3 is 2.21 bits per heavy atom. The topological polar surface area (TPSA) is 59.6 Å². The minimum atomic E-state index is -0.640. The number of benzene rings is 1. The Balaban J connectivity index is 2.62. The summed E-state index contributed by atoms with van der Waals surface area (Å²) in [7, 11) is 1.76. The van der Waals surface area contributed by atoms with Crippen LogP contribution in [0, 0.1) is 0 Å². The molecule has 0 radical (unpaired) electrons. The zero-order valence-electron chi connectivity index (χ0n) is 18.6. The van der Waals surface area contributed by atoms with Gasteiger partial charge in [0.25, 0.3) is 0 Å². The second kappa shape index (κ2) is 10.9. The summed E-state index contributed by atoms with van der Waals surface area (Å²) in [6, 6.07) is 8.29. The molecular weight excluding hydrogens is 372 g/mol. The molecule has 1 aromatic rings. The van der Waals surface area contributed by atoms with Crippen molar-refractivity contribution in [2.75, 3.05) is 13.6 Å². The Kier molecular flexibility index (Phi) is 9.54. The number of nitrogens with one attached hydrogen (secondary N) is 2. The number of hydrogen-bond acceptors (Lipinski definition) is 6. The summed E-state index contributed by atoms with van der Waals surface area (Å²) in [5.74, 6) is 0.711. The molecule has 1 rings (SSSR count). The van der Waals surface area contributed by atoms with E-state index >= 15 is 0 Å². The van der Waals surface area contributed by atoms with Crippen LogP contribution in [0.25, 0.3) is 0 Å². The number of carbonyl (C=O) groups excluding carboxylic acids is 1. The standard InChI is InChI=1S/C22H36N2O3S/c1-9-18(16(2)27-23-8)15-24-14-17-10-12-19(13-11-17)28-22(6,7)20(25)26-21(3,4)5/h10-13,23-24H,9,14-15H2,1-8H3/b18-16+. The van der Waals surface area contributed by atoms with Crippen LogP contribution in [-0.2, 0) is 20.9 Å². The molecule has 0 aromatic heterocycles. The van der Waals surface area contributed by atoms with Crippen LogP contribution >= 0.6 is 11.8 Å². The van der Waals surface area contributed by atoms with E-state index in [9.17, 15) is 4.79 Å². The number of allylic oxidation sites excluding steroid dienone is 1. The van der Waals surface area contributed by atoms with Gasteiger partial charge in [-0.1, -0.05) is 19.1 Å². The van der Waals surface area contributed by atoms with Crippen molar-refractivity contribution >= 4 is 17.7 Å². The maximum absolute atomic E-state index is 12.4. The van der Waals surface area contributed by atoms with Gasteiger partial charge in [0.1, 0.15) is 16.1 Å². The van der Waals surface area contributed by atoms with Gasteiger partial charge < -0.3 is 14.9 Å². The molecule has 0 amide bonds. The lowest BCUT2D eigenvalue weighted by molar-refractivity contribution is -0.156. The number of rotatable bonds is 10. The van der Waals surface area contributed by atoms with E-state index in [4.69, 9.17) is 9.57 Å². The van der Waals surface area contributed by atoms with Crippen molar-refractivity contribution in [3.8, 4) is 0 Å². The molecule has 0 fully saturated rings.